The van der Waals surface area contributed by atoms with E-state index in [0.717, 1.165) is 29.1 Å². The second-order valence-corrected chi connectivity index (χ2v) is 11.5. The Morgan fingerprint density at radius 2 is 1.84 bits per heavy atom. The number of benzene rings is 2. The molecule has 0 bridgehead atoms. The van der Waals surface area contributed by atoms with Crippen LogP contribution in [0.3, 0.4) is 0 Å². The maximum absolute atomic E-state index is 13.1. The number of phenolic OH excluding ortho intramolecular Hbond substituents is 1. The van der Waals surface area contributed by atoms with Crippen LogP contribution in [0.25, 0.3) is 0 Å². The molecule has 172 valence electrons. The summed E-state index contributed by atoms with van der Waals surface area (Å²) in [6.45, 7) is 0.0869. The highest BCUT2D eigenvalue weighted by Gasteiger charge is 2.36. The molecule has 1 amide bonds. The minimum absolute atomic E-state index is 0.0260. The summed E-state index contributed by atoms with van der Waals surface area (Å²) in [4.78, 5) is 11.7. The predicted molar refractivity (Wildman–Crippen MR) is 119 cm³/mol. The van der Waals surface area contributed by atoms with E-state index in [4.69, 9.17) is 0 Å². The molecule has 2 N–H and O–H groups in total. The van der Waals surface area contributed by atoms with Crippen LogP contribution in [-0.4, -0.2) is 51.3 Å². The molecule has 2 aliphatic rings. The third-order valence-electron chi connectivity index (χ3n) is 5.82. The van der Waals surface area contributed by atoms with Crippen LogP contribution in [0.15, 0.2) is 53.4 Å². The lowest BCUT2D eigenvalue weighted by molar-refractivity contribution is -0.117. The number of hydrogen-bond acceptors (Lipinski definition) is 6. The lowest BCUT2D eigenvalue weighted by Crippen LogP contribution is -2.43. The number of carbonyl (C=O) groups excluding carboxylic acids is 1. The molecule has 1 atom stereocenters. The van der Waals surface area contributed by atoms with Crippen molar-refractivity contribution in [3.63, 3.8) is 0 Å². The van der Waals surface area contributed by atoms with E-state index in [1.54, 1.807) is 40.7 Å². The third-order valence-corrected chi connectivity index (χ3v) is 9.18. The molecule has 9 nitrogen and oxygen atoms in total. The summed E-state index contributed by atoms with van der Waals surface area (Å²) >= 11 is 0. The number of nitrogens with zero attached hydrogens (tertiary/aromatic N) is 2. The van der Waals surface area contributed by atoms with Crippen molar-refractivity contribution in [1.29, 1.82) is 0 Å². The van der Waals surface area contributed by atoms with Gasteiger partial charge in [0.1, 0.15) is 12.3 Å². The van der Waals surface area contributed by atoms with Crippen LogP contribution in [0.4, 0.5) is 5.69 Å². The van der Waals surface area contributed by atoms with Gasteiger partial charge in [0.05, 0.1) is 10.6 Å². The lowest BCUT2D eigenvalue weighted by Gasteiger charge is -2.34. The first-order chi connectivity index (χ1) is 15.2. The van der Waals surface area contributed by atoms with Crippen molar-refractivity contribution in [2.24, 2.45) is 0 Å². The third kappa shape index (κ3) is 4.45. The summed E-state index contributed by atoms with van der Waals surface area (Å²) in [6.07, 6.45) is 3.62. The molecule has 2 aromatic rings. The van der Waals surface area contributed by atoms with Crippen molar-refractivity contribution >= 4 is 31.8 Å². The van der Waals surface area contributed by atoms with Crippen molar-refractivity contribution in [3.05, 3.63) is 54.1 Å². The molecule has 2 saturated heterocycles. The summed E-state index contributed by atoms with van der Waals surface area (Å²) in [5.41, 5.74) is 0.780. The number of rotatable bonds is 6. The Labute approximate surface area is 187 Å². The van der Waals surface area contributed by atoms with Gasteiger partial charge in [-0.15, -0.1) is 0 Å². The highest BCUT2D eigenvalue weighted by Crippen LogP contribution is 2.33. The van der Waals surface area contributed by atoms with E-state index in [1.165, 1.54) is 12.1 Å². The van der Waals surface area contributed by atoms with Crippen LogP contribution < -0.4 is 9.03 Å². The Kier molecular flexibility index (Phi) is 6.15. The quantitative estimate of drug-likeness (QED) is 0.651. The number of nitrogens with one attached hydrogen (secondary N) is 1. The first-order valence-electron chi connectivity index (χ1n) is 10.4. The van der Waals surface area contributed by atoms with Gasteiger partial charge in [-0.3, -0.25) is 4.79 Å². The fraction of sp³-hybridized carbons (Fsp3) is 0.381. The monoisotopic (exact) mass is 479 g/mol. The second-order valence-electron chi connectivity index (χ2n) is 7.98. The average Bonchev–Trinajstić information content (AvgIpc) is 3.04. The molecular formula is C21H25N3O6S2. The number of anilines is 1. The van der Waals surface area contributed by atoms with Gasteiger partial charge in [0.2, 0.25) is 10.0 Å². The molecule has 0 spiro atoms. The van der Waals surface area contributed by atoms with Crippen molar-refractivity contribution in [1.82, 2.24) is 9.03 Å². The van der Waals surface area contributed by atoms with Gasteiger partial charge < -0.3 is 5.11 Å². The van der Waals surface area contributed by atoms with Crippen LogP contribution in [0, 0.1) is 0 Å². The van der Waals surface area contributed by atoms with Crippen molar-refractivity contribution in [2.75, 3.05) is 17.4 Å². The molecule has 0 saturated carbocycles. The highest BCUT2D eigenvalue weighted by atomic mass is 32.2. The topological polar surface area (TPSA) is 124 Å². The van der Waals surface area contributed by atoms with Crippen LogP contribution >= 0.6 is 0 Å². The van der Waals surface area contributed by atoms with Crippen molar-refractivity contribution in [2.45, 2.75) is 43.0 Å². The fourth-order valence-electron chi connectivity index (χ4n) is 4.24. The number of aromatic hydroxyl groups is 1. The Bertz CT molecular complexity index is 1220. The molecule has 4 rings (SSSR count). The standard InChI is InChI=1S/C21H25N3O6S2/c25-20-14-16(10-12-19(20)24-15-21(26)22-32(24,29)30)9-11-17-6-4-5-13-23(17)31(27,28)18-7-2-1-3-8-18/h1-3,7-8,10,12,14,17,25H,4-6,9,11,13,15H2,(H,22,26)/t17-/m0/s1. The summed E-state index contributed by atoms with van der Waals surface area (Å²) in [5.74, 6) is -0.912. The van der Waals surface area contributed by atoms with E-state index in [1.807, 2.05) is 4.72 Å². The molecule has 2 aromatic carbocycles. The second kappa shape index (κ2) is 8.72. The molecule has 2 heterocycles. The molecule has 11 heteroatoms. The molecule has 0 aromatic heterocycles. The van der Waals surface area contributed by atoms with Crippen LogP contribution in [0.1, 0.15) is 31.2 Å². The van der Waals surface area contributed by atoms with Gasteiger partial charge in [-0.2, -0.15) is 12.7 Å². The number of phenols is 1. The molecule has 0 aliphatic carbocycles. The van der Waals surface area contributed by atoms with Crippen LogP contribution in [-0.2, 0) is 31.4 Å². The molecule has 0 radical (unpaired) electrons. The predicted octanol–water partition coefficient (Wildman–Crippen LogP) is 1.75. The highest BCUT2D eigenvalue weighted by molar-refractivity contribution is 7.92. The number of carbonyl (C=O) groups is 1. The zero-order chi connectivity index (χ0) is 22.9. The van der Waals surface area contributed by atoms with Gasteiger partial charge in [0.25, 0.3) is 5.91 Å². The molecule has 2 aliphatic heterocycles. The molecule has 0 unspecified atom stereocenters. The number of piperidine rings is 1. The van der Waals surface area contributed by atoms with Gasteiger partial charge in [-0.05, 0) is 55.5 Å². The maximum atomic E-state index is 13.1. The van der Waals surface area contributed by atoms with Gasteiger partial charge in [0, 0.05) is 12.6 Å². The van der Waals surface area contributed by atoms with E-state index < -0.39 is 26.1 Å². The molecule has 2 fully saturated rings. The molecule has 32 heavy (non-hydrogen) atoms. The zero-order valence-corrected chi connectivity index (χ0v) is 19.0. The van der Waals surface area contributed by atoms with E-state index in [9.17, 15) is 26.7 Å². The average molecular weight is 480 g/mol. The Hall–Kier alpha value is -2.63. The van der Waals surface area contributed by atoms with Gasteiger partial charge >= 0.3 is 10.2 Å². The van der Waals surface area contributed by atoms with E-state index >= 15 is 0 Å². The van der Waals surface area contributed by atoms with Crippen molar-refractivity contribution in [3.8, 4) is 5.75 Å². The number of hydrogen-bond donors (Lipinski definition) is 2. The van der Waals surface area contributed by atoms with Gasteiger partial charge in [0.15, 0.2) is 0 Å². The summed E-state index contributed by atoms with van der Waals surface area (Å²) < 4.78 is 54.6. The minimum Gasteiger partial charge on any atom is -0.506 e. The normalized spacial score (nSPS) is 21.4. The van der Waals surface area contributed by atoms with Crippen LogP contribution in [0.5, 0.6) is 5.75 Å². The SMILES string of the molecule is O=C1CN(c2ccc(CC[C@@H]3CCCCN3S(=O)(=O)c3ccccc3)cc2O)S(=O)(=O)N1. The summed E-state index contributed by atoms with van der Waals surface area (Å²) in [7, 11) is -7.59. The maximum Gasteiger partial charge on any atom is 0.326 e. The van der Waals surface area contributed by atoms with Crippen LogP contribution in [0.2, 0.25) is 0 Å². The fourth-order valence-corrected chi connectivity index (χ4v) is 7.14. The minimum atomic E-state index is -4.00. The Morgan fingerprint density at radius 1 is 1.09 bits per heavy atom. The zero-order valence-electron chi connectivity index (χ0n) is 17.3. The van der Waals surface area contributed by atoms with Gasteiger partial charge in [-0.1, -0.05) is 30.7 Å². The first-order valence-corrected chi connectivity index (χ1v) is 13.3. The Morgan fingerprint density at radius 3 is 2.50 bits per heavy atom. The molecular weight excluding hydrogens is 454 g/mol. The van der Waals surface area contributed by atoms with E-state index in [2.05, 4.69) is 0 Å². The first kappa shape index (κ1) is 22.6. The summed E-state index contributed by atoms with van der Waals surface area (Å²) in [6, 6.07) is 12.9. The smallest absolute Gasteiger partial charge is 0.326 e. The van der Waals surface area contributed by atoms with E-state index in [0.29, 0.717) is 19.4 Å². The lowest BCUT2D eigenvalue weighted by atomic mass is 9.97. The summed E-state index contributed by atoms with van der Waals surface area (Å²) in [5, 5.41) is 10.4. The number of amides is 1. The van der Waals surface area contributed by atoms with Gasteiger partial charge in [-0.25, -0.2) is 17.4 Å². The Balaban J connectivity index is 1.49. The number of aryl methyl sites for hydroxylation is 1. The van der Waals surface area contributed by atoms with Crippen molar-refractivity contribution < 1.29 is 26.7 Å². The van der Waals surface area contributed by atoms with E-state index in [-0.39, 0.29) is 28.9 Å². The largest absolute Gasteiger partial charge is 0.506 e. The number of sulfonamides is 1.